The maximum absolute atomic E-state index is 12.4. The molecule has 4 rings (SSSR count). The van der Waals surface area contributed by atoms with Crippen LogP contribution in [0.5, 0.6) is 11.5 Å². The summed E-state index contributed by atoms with van der Waals surface area (Å²) in [5, 5.41) is 7.37. The Hall–Kier alpha value is -3.72. The van der Waals surface area contributed by atoms with E-state index in [-0.39, 0.29) is 12.3 Å². The first kappa shape index (κ1) is 20.5. The van der Waals surface area contributed by atoms with E-state index in [4.69, 9.17) is 14.0 Å². The smallest absolute Gasteiger partial charge is 0.270 e. The van der Waals surface area contributed by atoms with Gasteiger partial charge in [0.1, 0.15) is 16.4 Å². The number of aromatic nitrogens is 3. The standard InChI is InChI=1S/C22H20N4O4S/c1-13-19(21-25-20(26-30-21)15-6-10-17(29-3)11-7-15)31-22(23-13)24-18(27)12-14-4-8-16(28-2)9-5-14/h4-11H,12H2,1-3H3,(H,23,24,27). The molecular weight excluding hydrogens is 416 g/mol. The molecule has 0 aliphatic carbocycles. The second-order valence-corrected chi connectivity index (χ2v) is 7.66. The molecule has 8 nitrogen and oxygen atoms in total. The van der Waals surface area contributed by atoms with Crippen LogP contribution in [0.3, 0.4) is 0 Å². The van der Waals surface area contributed by atoms with E-state index in [1.807, 2.05) is 55.5 Å². The van der Waals surface area contributed by atoms with Gasteiger partial charge in [0.05, 0.1) is 26.3 Å². The van der Waals surface area contributed by atoms with Crippen molar-refractivity contribution in [2.24, 2.45) is 0 Å². The third-order valence-electron chi connectivity index (χ3n) is 4.54. The van der Waals surface area contributed by atoms with Crippen molar-refractivity contribution in [1.29, 1.82) is 0 Å². The Morgan fingerprint density at radius 2 is 1.65 bits per heavy atom. The van der Waals surface area contributed by atoms with Gasteiger partial charge in [-0.3, -0.25) is 4.79 Å². The predicted molar refractivity (Wildman–Crippen MR) is 117 cm³/mol. The van der Waals surface area contributed by atoms with Crippen molar-refractivity contribution >= 4 is 22.4 Å². The summed E-state index contributed by atoms with van der Waals surface area (Å²) in [4.78, 5) is 22.0. The van der Waals surface area contributed by atoms with Crippen molar-refractivity contribution in [1.82, 2.24) is 15.1 Å². The van der Waals surface area contributed by atoms with Crippen LogP contribution in [0, 0.1) is 6.92 Å². The van der Waals surface area contributed by atoms with E-state index >= 15 is 0 Å². The number of rotatable bonds is 7. The quantitative estimate of drug-likeness (QED) is 0.459. The van der Waals surface area contributed by atoms with Gasteiger partial charge in [-0.25, -0.2) is 4.98 Å². The number of nitrogens with zero attached hydrogens (tertiary/aromatic N) is 3. The van der Waals surface area contributed by atoms with Crippen LogP contribution in [0.25, 0.3) is 22.2 Å². The number of methoxy groups -OCH3 is 2. The van der Waals surface area contributed by atoms with E-state index in [1.54, 1.807) is 14.2 Å². The SMILES string of the molecule is COc1ccc(CC(=O)Nc2nc(C)c(-c3nc(-c4ccc(OC)cc4)no3)s2)cc1. The molecule has 2 aromatic carbocycles. The predicted octanol–water partition coefficient (Wildman–Crippen LogP) is 4.37. The van der Waals surface area contributed by atoms with E-state index in [2.05, 4.69) is 20.4 Å². The molecule has 0 aliphatic rings. The monoisotopic (exact) mass is 436 g/mol. The zero-order valence-electron chi connectivity index (χ0n) is 17.2. The minimum atomic E-state index is -0.157. The molecule has 0 saturated heterocycles. The van der Waals surface area contributed by atoms with E-state index in [0.29, 0.717) is 27.4 Å². The molecule has 0 spiro atoms. The maximum atomic E-state index is 12.4. The first-order chi connectivity index (χ1) is 15.1. The average Bonchev–Trinajstić information content (AvgIpc) is 3.41. The second kappa shape index (κ2) is 8.97. The van der Waals surface area contributed by atoms with Gasteiger partial charge < -0.3 is 19.3 Å². The molecule has 0 radical (unpaired) electrons. The number of aryl methyl sites for hydroxylation is 1. The fourth-order valence-electron chi connectivity index (χ4n) is 2.91. The number of hydrogen-bond donors (Lipinski definition) is 1. The van der Waals surface area contributed by atoms with Gasteiger partial charge in [-0.1, -0.05) is 28.6 Å². The number of carbonyl (C=O) groups is 1. The number of carbonyl (C=O) groups excluding carboxylic acids is 1. The van der Waals surface area contributed by atoms with Crippen molar-refractivity contribution in [2.45, 2.75) is 13.3 Å². The van der Waals surface area contributed by atoms with Crippen LogP contribution in [0.15, 0.2) is 53.1 Å². The molecule has 1 N–H and O–H groups in total. The van der Waals surface area contributed by atoms with Crippen molar-refractivity contribution in [3.8, 4) is 33.7 Å². The lowest BCUT2D eigenvalue weighted by molar-refractivity contribution is -0.115. The summed E-state index contributed by atoms with van der Waals surface area (Å²) >= 11 is 1.29. The van der Waals surface area contributed by atoms with Crippen molar-refractivity contribution in [3.63, 3.8) is 0 Å². The summed E-state index contributed by atoms with van der Waals surface area (Å²) in [7, 11) is 3.22. The summed E-state index contributed by atoms with van der Waals surface area (Å²) in [6, 6.07) is 14.7. The Morgan fingerprint density at radius 1 is 1.00 bits per heavy atom. The molecule has 158 valence electrons. The third-order valence-corrected chi connectivity index (χ3v) is 5.60. The minimum absolute atomic E-state index is 0.157. The molecule has 0 bridgehead atoms. The molecule has 4 aromatic rings. The largest absolute Gasteiger partial charge is 0.497 e. The molecule has 1 amide bonds. The highest BCUT2D eigenvalue weighted by Gasteiger charge is 2.18. The summed E-state index contributed by atoms with van der Waals surface area (Å²) in [6.45, 7) is 1.84. The Morgan fingerprint density at radius 3 is 2.29 bits per heavy atom. The lowest BCUT2D eigenvalue weighted by Crippen LogP contribution is -2.14. The summed E-state index contributed by atoms with van der Waals surface area (Å²) in [5.74, 6) is 2.17. The third kappa shape index (κ3) is 4.72. The maximum Gasteiger partial charge on any atom is 0.270 e. The van der Waals surface area contributed by atoms with Crippen LogP contribution in [0.1, 0.15) is 11.3 Å². The Labute approximate surface area is 182 Å². The number of hydrogen-bond acceptors (Lipinski definition) is 8. The number of amides is 1. The Balaban J connectivity index is 1.45. The van der Waals surface area contributed by atoms with Gasteiger partial charge in [0.25, 0.3) is 5.89 Å². The number of thiazole rings is 1. The number of benzene rings is 2. The molecular formula is C22H20N4O4S. The van der Waals surface area contributed by atoms with E-state index in [0.717, 1.165) is 22.6 Å². The molecule has 31 heavy (non-hydrogen) atoms. The van der Waals surface area contributed by atoms with Crippen LogP contribution in [-0.2, 0) is 11.2 Å². The molecule has 9 heteroatoms. The molecule has 0 atom stereocenters. The highest BCUT2D eigenvalue weighted by atomic mass is 32.1. The van der Waals surface area contributed by atoms with E-state index < -0.39 is 0 Å². The Bertz CT molecular complexity index is 1180. The number of ether oxygens (including phenoxy) is 2. The van der Waals surface area contributed by atoms with E-state index in [1.165, 1.54) is 11.3 Å². The van der Waals surface area contributed by atoms with Gasteiger partial charge in [0.15, 0.2) is 5.13 Å². The van der Waals surface area contributed by atoms with Crippen LogP contribution in [0.4, 0.5) is 5.13 Å². The average molecular weight is 436 g/mol. The van der Waals surface area contributed by atoms with Crippen LogP contribution < -0.4 is 14.8 Å². The first-order valence-corrected chi connectivity index (χ1v) is 10.3. The first-order valence-electron chi connectivity index (χ1n) is 9.44. The zero-order valence-corrected chi connectivity index (χ0v) is 18.0. The van der Waals surface area contributed by atoms with Gasteiger partial charge in [0.2, 0.25) is 11.7 Å². The summed E-state index contributed by atoms with van der Waals surface area (Å²) in [5.41, 5.74) is 2.40. The molecule has 0 saturated carbocycles. The number of anilines is 1. The molecule has 0 aliphatic heterocycles. The Kier molecular flexibility index (Phi) is 5.94. The molecule has 2 aromatic heterocycles. The molecule has 0 unspecified atom stereocenters. The van der Waals surface area contributed by atoms with Crippen molar-refractivity contribution < 1.29 is 18.8 Å². The summed E-state index contributed by atoms with van der Waals surface area (Å²) in [6.07, 6.45) is 0.236. The van der Waals surface area contributed by atoms with Crippen LogP contribution in [0.2, 0.25) is 0 Å². The van der Waals surface area contributed by atoms with E-state index in [9.17, 15) is 4.79 Å². The highest BCUT2D eigenvalue weighted by molar-refractivity contribution is 7.19. The van der Waals surface area contributed by atoms with Gasteiger partial charge in [-0.05, 0) is 48.9 Å². The fourth-order valence-corrected chi connectivity index (χ4v) is 3.82. The van der Waals surface area contributed by atoms with Gasteiger partial charge >= 0.3 is 0 Å². The lowest BCUT2D eigenvalue weighted by Gasteiger charge is -2.03. The molecule has 2 heterocycles. The minimum Gasteiger partial charge on any atom is -0.497 e. The fraction of sp³-hybridized carbons (Fsp3) is 0.182. The number of nitrogens with one attached hydrogen (secondary N) is 1. The zero-order chi connectivity index (χ0) is 21.8. The van der Waals surface area contributed by atoms with Crippen molar-refractivity contribution in [3.05, 3.63) is 59.8 Å². The second-order valence-electron chi connectivity index (χ2n) is 6.66. The highest BCUT2D eigenvalue weighted by Crippen LogP contribution is 2.33. The van der Waals surface area contributed by atoms with Crippen LogP contribution >= 0.6 is 11.3 Å². The topological polar surface area (TPSA) is 99.4 Å². The normalized spacial score (nSPS) is 10.7. The molecule has 0 fully saturated rings. The van der Waals surface area contributed by atoms with Gasteiger partial charge in [0, 0.05) is 5.56 Å². The van der Waals surface area contributed by atoms with Gasteiger partial charge in [-0.15, -0.1) is 0 Å². The lowest BCUT2D eigenvalue weighted by atomic mass is 10.1. The van der Waals surface area contributed by atoms with Crippen molar-refractivity contribution in [2.75, 3.05) is 19.5 Å². The van der Waals surface area contributed by atoms with Crippen LogP contribution in [-0.4, -0.2) is 35.3 Å². The summed E-state index contributed by atoms with van der Waals surface area (Å²) < 4.78 is 15.7. The van der Waals surface area contributed by atoms with Gasteiger partial charge in [-0.2, -0.15) is 4.98 Å².